The molecule has 0 saturated carbocycles. The highest BCUT2D eigenvalue weighted by atomic mass is 16.5. The lowest BCUT2D eigenvalue weighted by Crippen LogP contribution is -2.39. The minimum atomic E-state index is -0.932. The predicted octanol–water partition coefficient (Wildman–Crippen LogP) is 1.18. The van der Waals surface area contributed by atoms with Crippen LogP contribution in [0.4, 0.5) is 4.79 Å². The second-order valence-electron chi connectivity index (χ2n) is 4.73. The molecule has 3 rings (SSSR count). The fraction of sp³-hybridized carbons (Fsp3) is 0.385. The molecule has 2 amide bonds. The zero-order valence-electron chi connectivity index (χ0n) is 10.8. The number of carbonyl (C=O) groups excluding carboxylic acids is 2. The zero-order valence-corrected chi connectivity index (χ0v) is 10.8. The average Bonchev–Trinajstić information content (AvgIpc) is 2.66. The molecule has 1 saturated heterocycles. The Bertz CT molecular complexity index is 588. The van der Waals surface area contributed by atoms with Gasteiger partial charge in [-0.15, -0.1) is 0 Å². The molecule has 0 radical (unpaired) electrons. The Balaban J connectivity index is 2.15. The number of carbonyl (C=O) groups is 2. The molecule has 2 aliphatic rings. The number of amides is 2. The van der Waals surface area contributed by atoms with E-state index in [0.717, 1.165) is 0 Å². The Labute approximate surface area is 114 Å². The van der Waals surface area contributed by atoms with Gasteiger partial charge in [-0.2, -0.15) is 5.06 Å². The topological polar surface area (TPSA) is 90.3 Å². The normalized spacial score (nSPS) is 23.8. The maximum Gasteiger partial charge on any atom is 0.345 e. The van der Waals surface area contributed by atoms with Crippen molar-refractivity contribution in [2.45, 2.75) is 19.0 Å². The van der Waals surface area contributed by atoms with Crippen LogP contribution in [0.5, 0.6) is 5.75 Å². The molecule has 0 aromatic heterocycles. The number of esters is 1. The zero-order chi connectivity index (χ0) is 14.4. The summed E-state index contributed by atoms with van der Waals surface area (Å²) < 4.78 is 5.00. The Morgan fingerprint density at radius 3 is 2.95 bits per heavy atom. The van der Waals surface area contributed by atoms with E-state index in [2.05, 4.69) is 0 Å². The minimum Gasteiger partial charge on any atom is -0.508 e. The molecule has 106 valence electrons. The SMILES string of the molecule is CCOC(=O)[C@H]1c2cccc(O)c2[C@H]2CN1C(=O)N2O. The number of hydroxylamine groups is 2. The summed E-state index contributed by atoms with van der Waals surface area (Å²) in [6, 6.07) is 2.46. The van der Waals surface area contributed by atoms with Crippen LogP contribution in [0.2, 0.25) is 0 Å². The first-order valence-electron chi connectivity index (χ1n) is 6.33. The molecule has 20 heavy (non-hydrogen) atoms. The molecular weight excluding hydrogens is 264 g/mol. The van der Waals surface area contributed by atoms with Crippen LogP contribution in [0.3, 0.4) is 0 Å². The molecule has 0 aliphatic carbocycles. The summed E-state index contributed by atoms with van der Waals surface area (Å²) in [6.07, 6.45) is 0. The summed E-state index contributed by atoms with van der Waals surface area (Å²) in [5.74, 6) is -0.614. The quantitative estimate of drug-likeness (QED) is 0.626. The number of hydrogen-bond acceptors (Lipinski definition) is 5. The van der Waals surface area contributed by atoms with Gasteiger partial charge in [-0.1, -0.05) is 12.1 Å². The smallest absolute Gasteiger partial charge is 0.345 e. The molecule has 2 heterocycles. The number of benzene rings is 1. The van der Waals surface area contributed by atoms with E-state index >= 15 is 0 Å². The number of urea groups is 1. The lowest BCUT2D eigenvalue weighted by atomic mass is 9.90. The van der Waals surface area contributed by atoms with Crippen molar-refractivity contribution in [3.05, 3.63) is 29.3 Å². The molecule has 2 atom stereocenters. The Hall–Kier alpha value is -2.28. The standard InChI is InChI=1S/C13H14N2O5/c1-2-20-12(17)11-7-4-3-5-9(16)10(7)8-6-14(11)13(18)15(8)19/h3-5,8,11,16,19H,2,6H2,1H3/t8-,11-/m1/s1. The Morgan fingerprint density at radius 2 is 2.25 bits per heavy atom. The minimum absolute atomic E-state index is 0.0461. The third-order valence-corrected chi connectivity index (χ3v) is 3.67. The summed E-state index contributed by atoms with van der Waals surface area (Å²) in [5.41, 5.74) is 0.889. The number of fused-ring (bicyclic) bond motifs is 4. The molecule has 7 heteroatoms. The number of nitrogens with zero attached hydrogens (tertiary/aromatic N) is 2. The highest BCUT2D eigenvalue weighted by Gasteiger charge is 2.51. The van der Waals surface area contributed by atoms with Crippen molar-refractivity contribution < 1.29 is 24.6 Å². The molecule has 2 N–H and O–H groups in total. The van der Waals surface area contributed by atoms with Crippen LogP contribution in [0.1, 0.15) is 30.1 Å². The molecule has 7 nitrogen and oxygen atoms in total. The summed E-state index contributed by atoms with van der Waals surface area (Å²) in [4.78, 5) is 25.4. The maximum atomic E-state index is 12.1. The number of phenolic OH excluding ortho intramolecular Hbond substituents is 1. The monoisotopic (exact) mass is 278 g/mol. The van der Waals surface area contributed by atoms with Crippen molar-refractivity contribution in [2.75, 3.05) is 13.2 Å². The first-order valence-corrected chi connectivity index (χ1v) is 6.33. The van der Waals surface area contributed by atoms with Gasteiger partial charge in [0.05, 0.1) is 13.2 Å². The highest BCUT2D eigenvalue weighted by Crippen LogP contribution is 2.46. The molecule has 0 spiro atoms. The van der Waals surface area contributed by atoms with E-state index in [1.807, 2.05) is 0 Å². The van der Waals surface area contributed by atoms with E-state index < -0.39 is 24.1 Å². The first-order chi connectivity index (χ1) is 9.56. The molecule has 1 aromatic carbocycles. The van der Waals surface area contributed by atoms with Gasteiger partial charge in [-0.25, -0.2) is 9.59 Å². The van der Waals surface area contributed by atoms with Crippen molar-refractivity contribution in [1.29, 1.82) is 0 Å². The van der Waals surface area contributed by atoms with Crippen LogP contribution in [0, 0.1) is 0 Å². The lowest BCUT2D eigenvalue weighted by Gasteiger charge is -2.31. The van der Waals surface area contributed by atoms with E-state index in [0.29, 0.717) is 16.2 Å². The van der Waals surface area contributed by atoms with Gasteiger partial charge in [0.2, 0.25) is 0 Å². The van der Waals surface area contributed by atoms with Gasteiger partial charge >= 0.3 is 12.0 Å². The van der Waals surface area contributed by atoms with Crippen molar-refractivity contribution >= 4 is 12.0 Å². The number of aromatic hydroxyl groups is 1. The third-order valence-electron chi connectivity index (χ3n) is 3.67. The van der Waals surface area contributed by atoms with Crippen molar-refractivity contribution in [3.63, 3.8) is 0 Å². The van der Waals surface area contributed by atoms with E-state index in [9.17, 15) is 19.9 Å². The first kappa shape index (κ1) is 12.7. The fourth-order valence-electron chi connectivity index (χ4n) is 2.85. The van der Waals surface area contributed by atoms with Gasteiger partial charge in [-0.3, -0.25) is 5.21 Å². The Morgan fingerprint density at radius 1 is 1.50 bits per heavy atom. The van der Waals surface area contributed by atoms with Crippen molar-refractivity contribution in [2.24, 2.45) is 0 Å². The molecular formula is C13H14N2O5. The molecule has 1 fully saturated rings. The summed E-state index contributed by atoms with van der Waals surface area (Å²) in [5, 5.41) is 20.4. The van der Waals surface area contributed by atoms with Gasteiger partial charge in [0, 0.05) is 5.56 Å². The van der Waals surface area contributed by atoms with Crippen LogP contribution in [0.25, 0.3) is 0 Å². The largest absolute Gasteiger partial charge is 0.508 e. The van der Waals surface area contributed by atoms with Gasteiger partial charge in [0.25, 0.3) is 0 Å². The van der Waals surface area contributed by atoms with Gasteiger partial charge in [0.15, 0.2) is 6.04 Å². The summed E-state index contributed by atoms with van der Waals surface area (Å²) >= 11 is 0. The number of phenols is 1. The summed E-state index contributed by atoms with van der Waals surface area (Å²) in [6.45, 7) is 2.01. The third kappa shape index (κ3) is 1.56. The van der Waals surface area contributed by atoms with Crippen LogP contribution in [-0.2, 0) is 9.53 Å². The van der Waals surface area contributed by atoms with E-state index in [-0.39, 0.29) is 18.9 Å². The van der Waals surface area contributed by atoms with E-state index in [4.69, 9.17) is 4.74 Å². The van der Waals surface area contributed by atoms with E-state index in [1.165, 1.54) is 11.0 Å². The maximum absolute atomic E-state index is 12.1. The number of ether oxygens (including phenoxy) is 1. The van der Waals surface area contributed by atoms with Gasteiger partial charge in [-0.05, 0) is 18.6 Å². The van der Waals surface area contributed by atoms with Crippen LogP contribution >= 0.6 is 0 Å². The van der Waals surface area contributed by atoms with Crippen LogP contribution < -0.4 is 0 Å². The second-order valence-corrected chi connectivity index (χ2v) is 4.73. The number of rotatable bonds is 2. The molecule has 0 unspecified atom stereocenters. The van der Waals surface area contributed by atoms with E-state index in [1.54, 1.807) is 19.1 Å². The second kappa shape index (κ2) is 4.38. The lowest BCUT2D eigenvalue weighted by molar-refractivity contribution is -0.148. The predicted molar refractivity (Wildman–Crippen MR) is 65.9 cm³/mol. The number of hydrogen-bond donors (Lipinski definition) is 2. The van der Waals surface area contributed by atoms with Crippen LogP contribution in [-0.4, -0.2) is 45.4 Å². The molecule has 2 bridgehead atoms. The van der Waals surface area contributed by atoms with Crippen molar-refractivity contribution in [1.82, 2.24) is 9.96 Å². The molecule has 1 aromatic rings. The summed E-state index contributed by atoms with van der Waals surface area (Å²) in [7, 11) is 0. The molecule has 2 aliphatic heterocycles. The van der Waals surface area contributed by atoms with Crippen molar-refractivity contribution in [3.8, 4) is 5.75 Å². The van der Waals surface area contributed by atoms with Gasteiger partial charge < -0.3 is 14.7 Å². The average molecular weight is 278 g/mol. The van der Waals surface area contributed by atoms with Crippen LogP contribution in [0.15, 0.2) is 18.2 Å². The Kier molecular flexibility index (Phi) is 2.79. The fourth-order valence-corrected chi connectivity index (χ4v) is 2.85. The highest BCUT2D eigenvalue weighted by molar-refractivity contribution is 5.88. The van der Waals surface area contributed by atoms with Gasteiger partial charge in [0.1, 0.15) is 11.8 Å².